The number of fused-ring (bicyclic) bond motifs is 1. The maximum Gasteiger partial charge on any atom is 0.277 e. The van der Waals surface area contributed by atoms with Crippen LogP contribution in [-0.4, -0.2) is 14.3 Å². The molecule has 0 spiro atoms. The van der Waals surface area contributed by atoms with Crippen molar-refractivity contribution in [2.24, 2.45) is 0 Å². The molecule has 0 atom stereocenters. The zero-order valence-electron chi connectivity index (χ0n) is 11.7. The predicted octanol–water partition coefficient (Wildman–Crippen LogP) is 3.78. The number of rotatable bonds is 4. The van der Waals surface area contributed by atoms with Gasteiger partial charge in [-0.05, 0) is 25.1 Å². The number of nitro benzene ring substituents is 1. The molecule has 1 aromatic carbocycles. The third kappa shape index (κ3) is 2.60. The van der Waals surface area contributed by atoms with E-state index < -0.39 is 4.92 Å². The van der Waals surface area contributed by atoms with Crippen molar-refractivity contribution in [1.29, 1.82) is 0 Å². The minimum absolute atomic E-state index is 0.00156. The smallest absolute Gasteiger partial charge is 0.277 e. The van der Waals surface area contributed by atoms with E-state index in [1.807, 2.05) is 29.8 Å². The molecule has 6 nitrogen and oxygen atoms in total. The lowest BCUT2D eigenvalue weighted by atomic mass is 10.2. The Labute approximate surface area is 131 Å². The molecule has 0 radical (unpaired) electrons. The molecule has 0 aliphatic heterocycles. The van der Waals surface area contributed by atoms with Crippen LogP contribution < -0.4 is 4.74 Å². The molecule has 0 aliphatic carbocycles. The van der Waals surface area contributed by atoms with Gasteiger partial charge in [-0.1, -0.05) is 17.7 Å². The van der Waals surface area contributed by atoms with Crippen molar-refractivity contribution in [3.05, 3.63) is 69.1 Å². The Kier molecular flexibility index (Phi) is 3.68. The second kappa shape index (κ2) is 5.65. The molecular formula is C15H12ClN3O3. The fourth-order valence-electron chi connectivity index (χ4n) is 2.23. The number of hydrogen-bond acceptors (Lipinski definition) is 4. The number of hydrogen-bond donors (Lipinski definition) is 0. The quantitative estimate of drug-likeness (QED) is 0.542. The number of ether oxygens (including phenoxy) is 1. The van der Waals surface area contributed by atoms with E-state index in [1.54, 1.807) is 18.2 Å². The summed E-state index contributed by atoms with van der Waals surface area (Å²) in [5.74, 6) is 0.546. The third-order valence-corrected chi connectivity index (χ3v) is 3.58. The van der Waals surface area contributed by atoms with Crippen LogP contribution in [0.25, 0.3) is 5.65 Å². The highest BCUT2D eigenvalue weighted by molar-refractivity contribution is 6.31. The first-order valence-electron chi connectivity index (χ1n) is 6.55. The standard InChI is InChI=1S/C15H12ClN3O3/c1-10-8-18-7-3-6-14(15(18)17-10)22-9-11-12(16)4-2-5-13(11)19(20)21/h2-8H,9H2,1H3. The Morgan fingerprint density at radius 3 is 2.95 bits per heavy atom. The summed E-state index contributed by atoms with van der Waals surface area (Å²) < 4.78 is 7.56. The van der Waals surface area contributed by atoms with Crippen LogP contribution in [0.2, 0.25) is 5.02 Å². The molecule has 0 saturated heterocycles. The molecule has 0 amide bonds. The average Bonchev–Trinajstić information content (AvgIpc) is 2.86. The van der Waals surface area contributed by atoms with Crippen LogP contribution in [0.3, 0.4) is 0 Å². The van der Waals surface area contributed by atoms with Crippen molar-refractivity contribution >= 4 is 22.9 Å². The molecule has 0 bridgehead atoms. The summed E-state index contributed by atoms with van der Waals surface area (Å²) in [5.41, 5.74) is 1.81. The molecule has 7 heteroatoms. The fraction of sp³-hybridized carbons (Fsp3) is 0.133. The number of aromatic nitrogens is 2. The highest BCUT2D eigenvalue weighted by Crippen LogP contribution is 2.28. The van der Waals surface area contributed by atoms with Gasteiger partial charge in [0.2, 0.25) is 0 Å². The summed E-state index contributed by atoms with van der Waals surface area (Å²) >= 11 is 6.06. The van der Waals surface area contributed by atoms with Crippen LogP contribution in [0, 0.1) is 17.0 Å². The molecule has 0 fully saturated rings. The van der Waals surface area contributed by atoms with Crippen LogP contribution >= 0.6 is 11.6 Å². The predicted molar refractivity (Wildman–Crippen MR) is 82.4 cm³/mol. The van der Waals surface area contributed by atoms with E-state index in [0.29, 0.717) is 22.0 Å². The van der Waals surface area contributed by atoms with E-state index in [2.05, 4.69) is 4.98 Å². The van der Waals surface area contributed by atoms with Crippen molar-refractivity contribution in [3.8, 4) is 5.75 Å². The van der Waals surface area contributed by atoms with Crippen molar-refractivity contribution in [2.45, 2.75) is 13.5 Å². The van der Waals surface area contributed by atoms with Gasteiger partial charge in [0.15, 0.2) is 11.4 Å². The van der Waals surface area contributed by atoms with Crippen LogP contribution in [0.5, 0.6) is 5.75 Å². The first kappa shape index (κ1) is 14.3. The lowest BCUT2D eigenvalue weighted by Gasteiger charge is -2.09. The maximum absolute atomic E-state index is 11.1. The molecule has 22 heavy (non-hydrogen) atoms. The topological polar surface area (TPSA) is 69.7 Å². The molecule has 2 aromatic heterocycles. The van der Waals surface area contributed by atoms with Gasteiger partial charge in [0.05, 0.1) is 21.2 Å². The number of nitrogens with zero attached hydrogens (tertiary/aromatic N) is 3. The third-order valence-electron chi connectivity index (χ3n) is 3.23. The largest absolute Gasteiger partial charge is 0.485 e. The lowest BCUT2D eigenvalue weighted by Crippen LogP contribution is -2.02. The van der Waals surface area contributed by atoms with E-state index >= 15 is 0 Å². The summed E-state index contributed by atoms with van der Waals surface area (Å²) in [6, 6.07) is 8.15. The van der Waals surface area contributed by atoms with E-state index in [4.69, 9.17) is 16.3 Å². The number of aryl methyl sites for hydroxylation is 1. The van der Waals surface area contributed by atoms with E-state index in [0.717, 1.165) is 5.69 Å². The number of nitro groups is 1. The number of imidazole rings is 1. The summed E-state index contributed by atoms with van der Waals surface area (Å²) in [6.45, 7) is 1.89. The zero-order valence-corrected chi connectivity index (χ0v) is 12.4. The van der Waals surface area contributed by atoms with E-state index in [9.17, 15) is 10.1 Å². The van der Waals surface area contributed by atoms with Gasteiger partial charge in [-0.25, -0.2) is 4.98 Å². The number of benzene rings is 1. The highest BCUT2D eigenvalue weighted by atomic mass is 35.5. The van der Waals surface area contributed by atoms with Gasteiger partial charge in [-0.2, -0.15) is 0 Å². The molecule has 3 rings (SSSR count). The van der Waals surface area contributed by atoms with Crippen molar-refractivity contribution < 1.29 is 9.66 Å². The molecular weight excluding hydrogens is 306 g/mol. The summed E-state index contributed by atoms with van der Waals surface area (Å²) in [5, 5.41) is 11.4. The second-order valence-corrected chi connectivity index (χ2v) is 5.18. The molecule has 0 N–H and O–H groups in total. The van der Waals surface area contributed by atoms with Crippen LogP contribution in [0.4, 0.5) is 5.69 Å². The first-order valence-corrected chi connectivity index (χ1v) is 6.93. The fourth-order valence-corrected chi connectivity index (χ4v) is 2.46. The van der Waals surface area contributed by atoms with Gasteiger partial charge in [0, 0.05) is 18.5 Å². The van der Waals surface area contributed by atoms with Crippen LogP contribution in [-0.2, 0) is 6.61 Å². The van der Waals surface area contributed by atoms with E-state index in [1.165, 1.54) is 6.07 Å². The molecule has 0 unspecified atom stereocenters. The summed E-state index contributed by atoms with van der Waals surface area (Å²) in [4.78, 5) is 15.0. The van der Waals surface area contributed by atoms with E-state index in [-0.39, 0.29) is 12.3 Å². The molecule has 0 saturated carbocycles. The number of halogens is 1. The minimum Gasteiger partial charge on any atom is -0.485 e. The van der Waals surface area contributed by atoms with Gasteiger partial charge in [-0.3, -0.25) is 10.1 Å². The van der Waals surface area contributed by atoms with Gasteiger partial charge in [0.25, 0.3) is 5.69 Å². The zero-order chi connectivity index (χ0) is 15.7. The molecule has 0 aliphatic rings. The highest BCUT2D eigenvalue weighted by Gasteiger charge is 2.17. The van der Waals surface area contributed by atoms with Crippen molar-refractivity contribution in [1.82, 2.24) is 9.38 Å². The average molecular weight is 318 g/mol. The number of pyridine rings is 1. The molecule has 2 heterocycles. The maximum atomic E-state index is 11.1. The normalized spacial score (nSPS) is 10.8. The van der Waals surface area contributed by atoms with Gasteiger partial charge in [-0.15, -0.1) is 0 Å². The SMILES string of the molecule is Cc1cn2cccc(OCc3c(Cl)cccc3[N+](=O)[O-])c2n1. The Balaban J connectivity index is 1.93. The summed E-state index contributed by atoms with van der Waals surface area (Å²) in [6.07, 6.45) is 3.74. The minimum atomic E-state index is -0.467. The molecule has 112 valence electrons. The summed E-state index contributed by atoms with van der Waals surface area (Å²) in [7, 11) is 0. The first-order chi connectivity index (χ1) is 10.6. The Morgan fingerprint density at radius 1 is 1.36 bits per heavy atom. The monoisotopic (exact) mass is 317 g/mol. The molecule has 3 aromatic rings. The Hall–Kier alpha value is -2.60. The van der Waals surface area contributed by atoms with Crippen LogP contribution in [0.15, 0.2) is 42.7 Å². The van der Waals surface area contributed by atoms with Gasteiger partial charge in [0.1, 0.15) is 6.61 Å². The van der Waals surface area contributed by atoms with Crippen LogP contribution in [0.1, 0.15) is 11.3 Å². The van der Waals surface area contributed by atoms with Gasteiger partial charge < -0.3 is 9.14 Å². The Bertz CT molecular complexity index is 860. The second-order valence-electron chi connectivity index (χ2n) is 4.77. The Morgan fingerprint density at radius 2 is 2.18 bits per heavy atom. The van der Waals surface area contributed by atoms with Gasteiger partial charge >= 0.3 is 0 Å². The van der Waals surface area contributed by atoms with Crippen molar-refractivity contribution in [2.75, 3.05) is 0 Å². The van der Waals surface area contributed by atoms with Crippen molar-refractivity contribution in [3.63, 3.8) is 0 Å². The lowest BCUT2D eigenvalue weighted by molar-refractivity contribution is -0.385.